The predicted molar refractivity (Wildman–Crippen MR) is 60.4 cm³/mol. The number of thiazole rings is 1. The molecule has 3 nitrogen and oxygen atoms in total. The summed E-state index contributed by atoms with van der Waals surface area (Å²) in [6, 6.07) is 3.71. The summed E-state index contributed by atoms with van der Waals surface area (Å²) in [6.45, 7) is 2.81. The van der Waals surface area contributed by atoms with E-state index in [0.29, 0.717) is 0 Å². The molecule has 0 fully saturated rings. The number of aryl methyl sites for hydroxylation is 3. The van der Waals surface area contributed by atoms with Crippen LogP contribution in [0.25, 0.3) is 0 Å². The first kappa shape index (κ1) is 10.1. The highest BCUT2D eigenvalue weighted by Gasteiger charge is 2.02. The summed E-state index contributed by atoms with van der Waals surface area (Å²) < 4.78 is 1.95. The SMILES string of the molecule is Cc1csc(CCn2cccc2C=O)n1. The van der Waals surface area contributed by atoms with Gasteiger partial charge in [-0.25, -0.2) is 4.98 Å². The Balaban J connectivity index is 2.01. The van der Waals surface area contributed by atoms with Gasteiger partial charge in [0, 0.05) is 30.2 Å². The first-order chi connectivity index (χ1) is 7.29. The van der Waals surface area contributed by atoms with Gasteiger partial charge in [0.25, 0.3) is 0 Å². The molecule has 4 heteroatoms. The average molecular weight is 220 g/mol. The van der Waals surface area contributed by atoms with E-state index < -0.39 is 0 Å². The summed E-state index contributed by atoms with van der Waals surface area (Å²) in [5, 5.41) is 3.17. The van der Waals surface area contributed by atoms with Gasteiger partial charge in [0.15, 0.2) is 6.29 Å². The Labute approximate surface area is 92.4 Å². The van der Waals surface area contributed by atoms with Gasteiger partial charge in [0.2, 0.25) is 0 Å². The second-order valence-electron chi connectivity index (χ2n) is 3.38. The lowest BCUT2D eigenvalue weighted by molar-refractivity contribution is 0.111. The highest BCUT2D eigenvalue weighted by molar-refractivity contribution is 7.09. The third kappa shape index (κ3) is 2.33. The highest BCUT2D eigenvalue weighted by Crippen LogP contribution is 2.10. The van der Waals surface area contributed by atoms with Crippen LogP contribution in [0, 0.1) is 6.92 Å². The predicted octanol–water partition coefficient (Wildman–Crippen LogP) is 2.31. The van der Waals surface area contributed by atoms with Gasteiger partial charge in [-0.3, -0.25) is 4.79 Å². The lowest BCUT2D eigenvalue weighted by atomic mass is 10.4. The van der Waals surface area contributed by atoms with Gasteiger partial charge in [0.1, 0.15) is 0 Å². The van der Waals surface area contributed by atoms with Crippen LogP contribution in [0.15, 0.2) is 23.7 Å². The Morgan fingerprint density at radius 2 is 2.47 bits per heavy atom. The molecule has 0 aliphatic carbocycles. The van der Waals surface area contributed by atoms with Crippen LogP contribution in [-0.2, 0) is 13.0 Å². The minimum absolute atomic E-state index is 0.725. The van der Waals surface area contributed by atoms with E-state index in [0.717, 1.165) is 35.6 Å². The fraction of sp³-hybridized carbons (Fsp3) is 0.273. The van der Waals surface area contributed by atoms with Crippen molar-refractivity contribution in [1.29, 1.82) is 0 Å². The molecule has 2 aromatic heterocycles. The van der Waals surface area contributed by atoms with Crippen LogP contribution < -0.4 is 0 Å². The van der Waals surface area contributed by atoms with Crippen LogP contribution in [0.5, 0.6) is 0 Å². The van der Waals surface area contributed by atoms with Crippen molar-refractivity contribution in [3.63, 3.8) is 0 Å². The van der Waals surface area contributed by atoms with Gasteiger partial charge in [-0.05, 0) is 19.1 Å². The van der Waals surface area contributed by atoms with E-state index in [1.54, 1.807) is 11.3 Å². The summed E-state index contributed by atoms with van der Waals surface area (Å²) >= 11 is 1.67. The zero-order chi connectivity index (χ0) is 10.7. The van der Waals surface area contributed by atoms with E-state index in [-0.39, 0.29) is 0 Å². The molecule has 78 valence electrons. The molecule has 2 rings (SSSR count). The van der Waals surface area contributed by atoms with Crippen molar-refractivity contribution >= 4 is 17.6 Å². The zero-order valence-corrected chi connectivity index (χ0v) is 9.33. The summed E-state index contributed by atoms with van der Waals surface area (Å²) in [6.07, 6.45) is 3.69. The van der Waals surface area contributed by atoms with Gasteiger partial charge in [0.05, 0.1) is 10.7 Å². The lowest BCUT2D eigenvalue weighted by Crippen LogP contribution is -2.03. The summed E-state index contributed by atoms with van der Waals surface area (Å²) in [4.78, 5) is 15.1. The van der Waals surface area contributed by atoms with Gasteiger partial charge in [-0.1, -0.05) is 0 Å². The topological polar surface area (TPSA) is 34.9 Å². The quantitative estimate of drug-likeness (QED) is 0.741. The zero-order valence-electron chi connectivity index (χ0n) is 8.51. The second kappa shape index (κ2) is 4.40. The monoisotopic (exact) mass is 220 g/mol. The van der Waals surface area contributed by atoms with Crippen molar-refractivity contribution < 1.29 is 4.79 Å². The molecule has 0 aliphatic rings. The molecule has 0 aliphatic heterocycles. The van der Waals surface area contributed by atoms with E-state index in [2.05, 4.69) is 4.98 Å². The molecule has 0 radical (unpaired) electrons. The molecular formula is C11H12N2OS. The molecule has 0 spiro atoms. The van der Waals surface area contributed by atoms with Crippen LogP contribution in [0.1, 0.15) is 21.2 Å². The first-order valence-electron chi connectivity index (χ1n) is 4.81. The van der Waals surface area contributed by atoms with E-state index in [4.69, 9.17) is 0 Å². The smallest absolute Gasteiger partial charge is 0.166 e. The van der Waals surface area contributed by atoms with Crippen molar-refractivity contribution in [2.45, 2.75) is 19.9 Å². The summed E-state index contributed by atoms with van der Waals surface area (Å²) in [7, 11) is 0. The second-order valence-corrected chi connectivity index (χ2v) is 4.32. The maximum atomic E-state index is 10.7. The van der Waals surface area contributed by atoms with Crippen LogP contribution >= 0.6 is 11.3 Å². The Hall–Kier alpha value is -1.42. The van der Waals surface area contributed by atoms with Crippen molar-refractivity contribution in [1.82, 2.24) is 9.55 Å². The molecule has 0 atom stereocenters. The fourth-order valence-corrected chi connectivity index (χ4v) is 2.24. The molecule has 0 saturated carbocycles. The molecule has 15 heavy (non-hydrogen) atoms. The van der Waals surface area contributed by atoms with Crippen LogP contribution in [0.4, 0.5) is 0 Å². The van der Waals surface area contributed by atoms with Crippen LogP contribution in [0.2, 0.25) is 0 Å². The summed E-state index contributed by atoms with van der Waals surface area (Å²) in [5.74, 6) is 0. The molecular weight excluding hydrogens is 208 g/mol. The third-order valence-electron chi connectivity index (χ3n) is 2.22. The standard InChI is InChI=1S/C11H12N2OS/c1-9-8-15-11(12-9)4-6-13-5-2-3-10(13)7-14/h2-3,5,7-8H,4,6H2,1H3. The molecule has 2 aromatic rings. The minimum atomic E-state index is 0.725. The minimum Gasteiger partial charge on any atom is -0.345 e. The van der Waals surface area contributed by atoms with Gasteiger partial charge in [-0.2, -0.15) is 0 Å². The Morgan fingerprint density at radius 3 is 3.13 bits per heavy atom. The molecule has 0 N–H and O–H groups in total. The van der Waals surface area contributed by atoms with Crippen molar-refractivity contribution in [3.8, 4) is 0 Å². The maximum absolute atomic E-state index is 10.7. The maximum Gasteiger partial charge on any atom is 0.166 e. The molecule has 2 heterocycles. The normalized spacial score (nSPS) is 10.5. The van der Waals surface area contributed by atoms with Gasteiger partial charge >= 0.3 is 0 Å². The Bertz CT molecular complexity index is 459. The molecule has 0 saturated heterocycles. The number of hydrogen-bond donors (Lipinski definition) is 0. The number of nitrogens with zero attached hydrogens (tertiary/aromatic N) is 2. The fourth-order valence-electron chi connectivity index (χ4n) is 1.47. The molecule has 0 aromatic carbocycles. The number of carbonyl (C=O) groups is 1. The lowest BCUT2D eigenvalue weighted by Gasteiger charge is -2.02. The first-order valence-corrected chi connectivity index (χ1v) is 5.69. The van der Waals surface area contributed by atoms with E-state index in [9.17, 15) is 4.79 Å². The average Bonchev–Trinajstić information content (AvgIpc) is 2.83. The summed E-state index contributed by atoms with van der Waals surface area (Å²) in [5.41, 5.74) is 1.79. The molecule has 0 bridgehead atoms. The van der Waals surface area contributed by atoms with Crippen molar-refractivity contribution in [3.05, 3.63) is 40.1 Å². The largest absolute Gasteiger partial charge is 0.345 e. The van der Waals surface area contributed by atoms with E-state index >= 15 is 0 Å². The van der Waals surface area contributed by atoms with Crippen molar-refractivity contribution in [2.75, 3.05) is 0 Å². The van der Waals surface area contributed by atoms with E-state index in [1.165, 1.54) is 0 Å². The van der Waals surface area contributed by atoms with E-state index in [1.807, 2.05) is 35.2 Å². The number of carbonyl (C=O) groups excluding carboxylic acids is 1. The van der Waals surface area contributed by atoms with Crippen LogP contribution in [0.3, 0.4) is 0 Å². The highest BCUT2D eigenvalue weighted by atomic mass is 32.1. The Kier molecular flexibility index (Phi) is 2.97. The van der Waals surface area contributed by atoms with Gasteiger partial charge < -0.3 is 4.57 Å². The Morgan fingerprint density at radius 1 is 1.60 bits per heavy atom. The molecule has 0 unspecified atom stereocenters. The molecule has 0 amide bonds. The third-order valence-corrected chi connectivity index (χ3v) is 3.24. The number of hydrogen-bond acceptors (Lipinski definition) is 3. The van der Waals surface area contributed by atoms with Crippen molar-refractivity contribution in [2.24, 2.45) is 0 Å². The number of aldehydes is 1. The van der Waals surface area contributed by atoms with Gasteiger partial charge in [-0.15, -0.1) is 11.3 Å². The number of rotatable bonds is 4. The number of aromatic nitrogens is 2. The van der Waals surface area contributed by atoms with Crippen LogP contribution in [-0.4, -0.2) is 15.8 Å².